The van der Waals surface area contributed by atoms with Crippen molar-refractivity contribution in [3.8, 4) is 0 Å². The van der Waals surface area contributed by atoms with Crippen molar-refractivity contribution in [1.29, 1.82) is 0 Å². The van der Waals surface area contributed by atoms with Crippen LogP contribution in [0.1, 0.15) is 56.1 Å². The van der Waals surface area contributed by atoms with Crippen molar-refractivity contribution in [1.82, 2.24) is 20.1 Å². The van der Waals surface area contributed by atoms with Gasteiger partial charge in [0.25, 0.3) is 5.91 Å². The number of amides is 2. The lowest BCUT2D eigenvalue weighted by Gasteiger charge is -2.27. The number of anilines is 1. The SMILES string of the molecule is CC(C)n1nccc1C(=O)N[C@H](C(=O)Nc1ccc(Br)c(Cl)n1)C(C1CC1)C1CC1. The minimum atomic E-state index is -0.628. The summed E-state index contributed by atoms with van der Waals surface area (Å²) in [6.45, 7) is 3.93. The quantitative estimate of drug-likeness (QED) is 0.531. The highest BCUT2D eigenvalue weighted by Crippen LogP contribution is 2.50. The standard InChI is InChI=1S/C21H25BrClN5O2/c1-11(2)28-15(9-10-24-28)20(29)27-18(17(12-3-4-12)13-5-6-13)21(30)26-16-8-7-14(22)19(23)25-16/h7-13,17-18H,3-6H2,1-2H3,(H,27,29)(H,25,26,30)/t18-/m0/s1. The van der Waals surface area contributed by atoms with Gasteiger partial charge in [0, 0.05) is 12.2 Å². The number of hydrogen-bond donors (Lipinski definition) is 2. The third-order valence-corrected chi connectivity index (χ3v) is 6.89. The van der Waals surface area contributed by atoms with Gasteiger partial charge in [-0.1, -0.05) is 11.6 Å². The summed E-state index contributed by atoms with van der Waals surface area (Å²) in [7, 11) is 0. The smallest absolute Gasteiger partial charge is 0.270 e. The lowest BCUT2D eigenvalue weighted by molar-refractivity contribution is -0.119. The van der Waals surface area contributed by atoms with Gasteiger partial charge in [0.2, 0.25) is 5.91 Å². The van der Waals surface area contributed by atoms with Gasteiger partial charge in [0.15, 0.2) is 0 Å². The predicted octanol–water partition coefficient (Wildman–Crippen LogP) is 4.45. The predicted molar refractivity (Wildman–Crippen MR) is 118 cm³/mol. The van der Waals surface area contributed by atoms with E-state index in [9.17, 15) is 9.59 Å². The molecule has 30 heavy (non-hydrogen) atoms. The first-order chi connectivity index (χ1) is 14.3. The summed E-state index contributed by atoms with van der Waals surface area (Å²) in [6, 6.07) is 4.52. The number of pyridine rings is 1. The normalized spacial score (nSPS) is 17.3. The second kappa shape index (κ2) is 8.67. The van der Waals surface area contributed by atoms with Gasteiger partial charge in [0.1, 0.15) is 22.7 Å². The minimum Gasteiger partial charge on any atom is -0.339 e. The van der Waals surface area contributed by atoms with Gasteiger partial charge in [-0.3, -0.25) is 14.3 Å². The molecule has 7 nitrogen and oxygen atoms in total. The van der Waals surface area contributed by atoms with Gasteiger partial charge in [-0.05, 0) is 91.4 Å². The summed E-state index contributed by atoms with van der Waals surface area (Å²) < 4.78 is 2.33. The molecule has 2 saturated carbocycles. The Kier molecular flexibility index (Phi) is 6.16. The Morgan fingerprint density at radius 1 is 1.17 bits per heavy atom. The summed E-state index contributed by atoms with van der Waals surface area (Å²) in [6.07, 6.45) is 6.03. The van der Waals surface area contributed by atoms with E-state index in [2.05, 4.69) is 36.6 Å². The van der Waals surface area contributed by atoms with Crippen molar-refractivity contribution in [3.63, 3.8) is 0 Å². The summed E-state index contributed by atoms with van der Waals surface area (Å²) >= 11 is 9.37. The van der Waals surface area contributed by atoms with Crippen molar-refractivity contribution < 1.29 is 9.59 Å². The van der Waals surface area contributed by atoms with Crippen molar-refractivity contribution in [2.45, 2.75) is 51.6 Å². The van der Waals surface area contributed by atoms with Crippen LogP contribution in [0, 0.1) is 17.8 Å². The Morgan fingerprint density at radius 2 is 1.83 bits per heavy atom. The molecule has 2 aliphatic rings. The van der Waals surface area contributed by atoms with Gasteiger partial charge in [0.05, 0.1) is 4.47 Å². The molecule has 0 aromatic carbocycles. The summed E-state index contributed by atoms with van der Waals surface area (Å²) in [4.78, 5) is 30.6. The van der Waals surface area contributed by atoms with Crippen molar-refractivity contribution in [2.24, 2.45) is 17.8 Å². The molecule has 0 saturated heterocycles. The Labute approximate surface area is 189 Å². The van der Waals surface area contributed by atoms with Crippen LogP contribution in [0.25, 0.3) is 0 Å². The van der Waals surface area contributed by atoms with E-state index in [-0.39, 0.29) is 28.9 Å². The second-order valence-electron chi connectivity index (χ2n) is 8.42. The van der Waals surface area contributed by atoms with E-state index < -0.39 is 6.04 Å². The molecule has 2 aromatic heterocycles. The van der Waals surface area contributed by atoms with Crippen LogP contribution in [0.5, 0.6) is 0 Å². The third-order valence-electron chi connectivity index (χ3n) is 5.73. The zero-order valence-corrected chi connectivity index (χ0v) is 19.3. The van der Waals surface area contributed by atoms with Gasteiger partial charge >= 0.3 is 0 Å². The molecule has 0 bridgehead atoms. The molecule has 2 heterocycles. The lowest BCUT2D eigenvalue weighted by atomic mass is 9.88. The van der Waals surface area contributed by atoms with Crippen LogP contribution in [0.4, 0.5) is 5.82 Å². The van der Waals surface area contributed by atoms with Gasteiger partial charge in [-0.15, -0.1) is 0 Å². The molecular weight excluding hydrogens is 470 g/mol. The lowest BCUT2D eigenvalue weighted by Crippen LogP contribution is -2.50. The Hall–Kier alpha value is -1.93. The van der Waals surface area contributed by atoms with Crippen LogP contribution in [-0.2, 0) is 4.79 Å². The maximum atomic E-state index is 13.3. The fourth-order valence-corrected chi connectivity index (χ4v) is 4.41. The van der Waals surface area contributed by atoms with Crippen LogP contribution >= 0.6 is 27.5 Å². The summed E-state index contributed by atoms with van der Waals surface area (Å²) in [5.74, 6) is 0.915. The topological polar surface area (TPSA) is 88.9 Å². The maximum Gasteiger partial charge on any atom is 0.270 e. The Bertz CT molecular complexity index is 943. The van der Waals surface area contributed by atoms with E-state index in [1.54, 1.807) is 29.1 Å². The molecule has 9 heteroatoms. The summed E-state index contributed by atoms with van der Waals surface area (Å²) in [5.41, 5.74) is 0.456. The Morgan fingerprint density at radius 3 is 2.40 bits per heavy atom. The number of rotatable bonds is 8. The molecule has 2 aromatic rings. The average Bonchev–Trinajstić information content (AvgIpc) is 3.64. The van der Waals surface area contributed by atoms with Crippen LogP contribution in [-0.4, -0.2) is 32.6 Å². The largest absolute Gasteiger partial charge is 0.339 e. The molecular formula is C21H25BrClN5O2. The van der Waals surface area contributed by atoms with E-state index in [1.807, 2.05) is 13.8 Å². The first-order valence-electron chi connectivity index (χ1n) is 10.3. The number of nitrogens with zero attached hydrogens (tertiary/aromatic N) is 3. The van der Waals surface area contributed by atoms with E-state index in [0.29, 0.717) is 27.8 Å². The van der Waals surface area contributed by atoms with Crippen molar-refractivity contribution >= 4 is 45.2 Å². The highest BCUT2D eigenvalue weighted by atomic mass is 79.9. The van der Waals surface area contributed by atoms with Crippen LogP contribution < -0.4 is 10.6 Å². The fourth-order valence-electron chi connectivity index (χ4n) is 4.04. The average molecular weight is 495 g/mol. The zero-order chi connectivity index (χ0) is 21.4. The van der Waals surface area contributed by atoms with E-state index in [1.165, 1.54) is 0 Å². The van der Waals surface area contributed by atoms with E-state index in [4.69, 9.17) is 11.6 Å². The first-order valence-corrected chi connectivity index (χ1v) is 11.5. The minimum absolute atomic E-state index is 0.0461. The van der Waals surface area contributed by atoms with Gasteiger partial charge in [-0.25, -0.2) is 4.98 Å². The molecule has 0 aliphatic heterocycles. The fraction of sp³-hybridized carbons (Fsp3) is 0.524. The highest BCUT2D eigenvalue weighted by molar-refractivity contribution is 9.10. The molecule has 1 atom stereocenters. The maximum absolute atomic E-state index is 13.3. The number of nitrogens with one attached hydrogen (secondary N) is 2. The third kappa shape index (κ3) is 4.70. The highest BCUT2D eigenvalue weighted by Gasteiger charge is 2.48. The number of carbonyl (C=O) groups excluding carboxylic acids is 2. The number of hydrogen-bond acceptors (Lipinski definition) is 4. The van der Waals surface area contributed by atoms with Gasteiger partial charge < -0.3 is 10.6 Å². The van der Waals surface area contributed by atoms with Gasteiger partial charge in [-0.2, -0.15) is 5.10 Å². The molecule has 4 rings (SSSR count). The van der Waals surface area contributed by atoms with Crippen LogP contribution in [0.2, 0.25) is 5.15 Å². The molecule has 2 fully saturated rings. The van der Waals surface area contributed by atoms with Crippen molar-refractivity contribution in [3.05, 3.63) is 39.7 Å². The Balaban J connectivity index is 1.57. The number of halogens is 2. The van der Waals surface area contributed by atoms with Crippen LogP contribution in [0.3, 0.4) is 0 Å². The molecule has 160 valence electrons. The number of carbonyl (C=O) groups is 2. The monoisotopic (exact) mass is 493 g/mol. The second-order valence-corrected chi connectivity index (χ2v) is 9.63. The van der Waals surface area contributed by atoms with E-state index in [0.717, 1.165) is 25.7 Å². The molecule has 2 aliphatic carbocycles. The number of aromatic nitrogens is 3. The zero-order valence-electron chi connectivity index (χ0n) is 16.9. The summed E-state index contributed by atoms with van der Waals surface area (Å²) in [5, 5.41) is 10.4. The first kappa shape index (κ1) is 21.3. The van der Waals surface area contributed by atoms with Crippen molar-refractivity contribution in [2.75, 3.05) is 5.32 Å². The molecule has 2 amide bonds. The molecule has 2 N–H and O–H groups in total. The molecule has 0 spiro atoms. The molecule has 0 unspecified atom stereocenters. The van der Waals surface area contributed by atoms with E-state index >= 15 is 0 Å². The van der Waals surface area contributed by atoms with Crippen LogP contribution in [0.15, 0.2) is 28.9 Å². The molecule has 0 radical (unpaired) electrons.